The maximum Gasteiger partial charge on any atom is 0.332 e. The quantitative estimate of drug-likeness (QED) is 0.0691. The largest absolute Gasteiger partial charge is 0.462 e. The van der Waals surface area contributed by atoms with E-state index in [4.69, 9.17) is 19.9 Å². The van der Waals surface area contributed by atoms with Gasteiger partial charge in [-0.2, -0.15) is 0 Å². The summed E-state index contributed by atoms with van der Waals surface area (Å²) in [4.78, 5) is 82.9. The van der Waals surface area contributed by atoms with Gasteiger partial charge in [0.05, 0.1) is 0 Å². The number of anilines is 1. The molecule has 0 aliphatic carbocycles. The number of aromatic nitrogens is 1. The van der Waals surface area contributed by atoms with Crippen LogP contribution >= 0.6 is 23.1 Å². The van der Waals surface area contributed by atoms with E-state index >= 15 is 0 Å². The van der Waals surface area contributed by atoms with Crippen LogP contribution in [0.1, 0.15) is 33.4 Å². The zero-order chi connectivity index (χ0) is 29.6. The number of fused-ring (bicyclic) bond motifs is 1. The van der Waals surface area contributed by atoms with E-state index in [1.165, 1.54) is 55.0 Å². The van der Waals surface area contributed by atoms with Gasteiger partial charge in [-0.1, -0.05) is 17.3 Å². The molecule has 0 spiro atoms. The number of nitrogens with zero attached hydrogens (tertiary/aromatic N) is 3. The monoisotopic (exact) mass is 597 g/mol. The molecule has 4 atom stereocenters. The molecule has 0 bridgehead atoms. The molecular formula is C23H27N5O10S2. The fraction of sp³-hybridized carbons (Fsp3) is 0.478. The maximum absolute atomic E-state index is 13.2. The van der Waals surface area contributed by atoms with Crippen LogP contribution in [0.2, 0.25) is 0 Å². The molecule has 2 fully saturated rings. The minimum atomic E-state index is -1.36. The van der Waals surface area contributed by atoms with Crippen molar-refractivity contribution in [1.82, 2.24) is 15.2 Å². The minimum Gasteiger partial charge on any atom is -0.462 e. The predicted octanol–water partition coefficient (Wildman–Crippen LogP) is -0.0496. The van der Waals surface area contributed by atoms with Crippen molar-refractivity contribution in [1.29, 1.82) is 0 Å². The third kappa shape index (κ3) is 7.35. The second kappa shape index (κ2) is 12.9. The summed E-state index contributed by atoms with van der Waals surface area (Å²) in [5.41, 5.74) is 3.99. The number of thioether (sulfide) groups is 1. The molecule has 3 heterocycles. The predicted molar refractivity (Wildman–Crippen MR) is 140 cm³/mol. The molecule has 2 aliphatic heterocycles. The summed E-state index contributed by atoms with van der Waals surface area (Å²) in [6.45, 7) is 4.65. The lowest BCUT2D eigenvalue weighted by Gasteiger charge is -2.53. The Labute approximate surface area is 236 Å². The Bertz CT molecular complexity index is 1260. The first kappa shape index (κ1) is 30.6. The normalized spacial score (nSPS) is 22.9. The van der Waals surface area contributed by atoms with Gasteiger partial charge in [0, 0.05) is 45.4 Å². The molecule has 17 heteroatoms. The first-order valence-corrected chi connectivity index (χ1v) is 13.6. The van der Waals surface area contributed by atoms with Crippen molar-refractivity contribution in [2.75, 3.05) is 24.6 Å². The Balaban J connectivity index is 1.75. The highest BCUT2D eigenvalue weighted by molar-refractivity contribution is 8.00. The van der Waals surface area contributed by atoms with Crippen molar-refractivity contribution in [3.63, 3.8) is 0 Å². The number of nitrogens with one attached hydrogen (secondary N) is 1. The van der Waals surface area contributed by atoms with Gasteiger partial charge in [-0.25, -0.2) is 9.78 Å². The van der Waals surface area contributed by atoms with Gasteiger partial charge in [0.25, 0.3) is 5.91 Å². The SMILES string of the molecule is CC(=O)OCC=CC1(C(=O)OC(C)OC(C)=O)CS[C@@H]2C(NC(=O)C(=NOC(C)=O)c3csc(N)n3)C(=O)N2C1. The van der Waals surface area contributed by atoms with Gasteiger partial charge in [-0.3, -0.25) is 24.0 Å². The summed E-state index contributed by atoms with van der Waals surface area (Å²) < 4.78 is 15.1. The summed E-state index contributed by atoms with van der Waals surface area (Å²) in [7, 11) is 0. The number of oxime groups is 1. The van der Waals surface area contributed by atoms with Crippen molar-refractivity contribution >= 4 is 69.6 Å². The number of carbonyl (C=O) groups excluding carboxylic acids is 6. The van der Waals surface area contributed by atoms with Crippen molar-refractivity contribution in [2.45, 2.75) is 45.4 Å². The first-order valence-electron chi connectivity index (χ1n) is 11.7. The lowest BCUT2D eigenvalue weighted by atomic mass is 9.86. The fourth-order valence-corrected chi connectivity index (χ4v) is 5.83. The number of nitrogen functional groups attached to an aromatic ring is 1. The number of carbonyl (C=O) groups is 6. The summed E-state index contributed by atoms with van der Waals surface area (Å²) in [6, 6.07) is -0.977. The number of amides is 2. The molecule has 40 heavy (non-hydrogen) atoms. The van der Waals surface area contributed by atoms with Crippen LogP contribution < -0.4 is 11.1 Å². The molecule has 15 nitrogen and oxygen atoms in total. The Morgan fingerprint density at radius 1 is 1.23 bits per heavy atom. The number of ether oxygens (including phenoxy) is 3. The molecule has 0 radical (unpaired) electrons. The van der Waals surface area contributed by atoms with E-state index in [2.05, 4.69) is 20.3 Å². The topological polar surface area (TPSA) is 206 Å². The molecule has 1 aromatic rings. The van der Waals surface area contributed by atoms with Gasteiger partial charge in [-0.15, -0.1) is 23.1 Å². The fourth-order valence-electron chi connectivity index (χ4n) is 3.77. The van der Waals surface area contributed by atoms with Crippen molar-refractivity contribution in [3.05, 3.63) is 23.2 Å². The van der Waals surface area contributed by atoms with Crippen LogP contribution in [0, 0.1) is 5.41 Å². The Morgan fingerprint density at radius 3 is 2.55 bits per heavy atom. The van der Waals surface area contributed by atoms with Crippen LogP contribution in [0.3, 0.4) is 0 Å². The van der Waals surface area contributed by atoms with Gasteiger partial charge in [0.1, 0.15) is 29.1 Å². The molecular weight excluding hydrogens is 570 g/mol. The van der Waals surface area contributed by atoms with Crippen LogP contribution in [-0.4, -0.2) is 87.9 Å². The average Bonchev–Trinajstić information content (AvgIpc) is 3.29. The lowest BCUT2D eigenvalue weighted by molar-refractivity contribution is -0.189. The van der Waals surface area contributed by atoms with Crippen molar-refractivity contribution in [2.24, 2.45) is 10.6 Å². The lowest BCUT2D eigenvalue weighted by Crippen LogP contribution is -2.74. The third-order valence-electron chi connectivity index (χ3n) is 5.47. The van der Waals surface area contributed by atoms with Gasteiger partial charge in [0.15, 0.2) is 10.8 Å². The van der Waals surface area contributed by atoms with E-state index in [1.54, 1.807) is 0 Å². The Morgan fingerprint density at radius 2 is 1.95 bits per heavy atom. The van der Waals surface area contributed by atoms with Crippen LogP contribution in [-0.2, 0) is 47.8 Å². The number of thiazole rings is 1. The molecule has 3 N–H and O–H groups in total. The second-order valence-corrected chi connectivity index (χ2v) is 10.7. The van der Waals surface area contributed by atoms with E-state index in [1.807, 2.05) is 0 Å². The van der Waals surface area contributed by atoms with Crippen molar-refractivity contribution < 1.29 is 47.8 Å². The van der Waals surface area contributed by atoms with E-state index in [0.29, 0.717) is 0 Å². The second-order valence-electron chi connectivity index (χ2n) is 8.66. The van der Waals surface area contributed by atoms with Crippen LogP contribution in [0.15, 0.2) is 22.7 Å². The summed E-state index contributed by atoms with van der Waals surface area (Å²) in [5, 5.41) is 7.20. The van der Waals surface area contributed by atoms with Crippen LogP contribution in [0.25, 0.3) is 0 Å². The molecule has 0 saturated carbocycles. The summed E-state index contributed by atoms with van der Waals surface area (Å²) in [5.74, 6) is -3.89. The number of β-lactam (4-membered cyclic amide) rings is 1. The van der Waals surface area contributed by atoms with Crippen molar-refractivity contribution in [3.8, 4) is 0 Å². The van der Waals surface area contributed by atoms with Gasteiger partial charge in [0.2, 0.25) is 12.2 Å². The number of esters is 3. The number of hydrogen-bond donors (Lipinski definition) is 2. The van der Waals surface area contributed by atoms with Crippen LogP contribution in [0.4, 0.5) is 5.13 Å². The highest BCUT2D eigenvalue weighted by Gasteiger charge is 2.57. The van der Waals surface area contributed by atoms with E-state index in [-0.39, 0.29) is 35.4 Å². The maximum atomic E-state index is 13.2. The zero-order valence-corrected chi connectivity index (χ0v) is 23.5. The van der Waals surface area contributed by atoms with E-state index in [0.717, 1.165) is 18.3 Å². The summed E-state index contributed by atoms with van der Waals surface area (Å²) in [6.07, 6.45) is 1.76. The molecule has 216 valence electrons. The Kier molecular flexibility index (Phi) is 9.86. The molecule has 2 amide bonds. The van der Waals surface area contributed by atoms with E-state index < -0.39 is 58.8 Å². The van der Waals surface area contributed by atoms with Gasteiger partial charge in [-0.05, 0) is 0 Å². The number of rotatable bonds is 10. The minimum absolute atomic E-state index is 0.0581. The first-order chi connectivity index (χ1) is 18.8. The number of nitrogens with two attached hydrogens (primary N) is 1. The van der Waals surface area contributed by atoms with Crippen LogP contribution in [0.5, 0.6) is 0 Å². The number of hydrogen-bond acceptors (Lipinski definition) is 15. The Hall–Kier alpha value is -3.99. The average molecular weight is 598 g/mol. The molecule has 1 aromatic heterocycles. The van der Waals surface area contributed by atoms with E-state index in [9.17, 15) is 28.8 Å². The molecule has 2 aliphatic rings. The molecule has 2 saturated heterocycles. The zero-order valence-electron chi connectivity index (χ0n) is 21.9. The highest BCUT2D eigenvalue weighted by atomic mass is 32.2. The van der Waals surface area contributed by atoms with Gasteiger partial charge < -0.3 is 35.0 Å². The smallest absolute Gasteiger partial charge is 0.332 e. The standard InChI is InChI=1S/C23H27N5O10S2/c1-11(29)35-7-5-6-23(21(34)37-14(4)36-12(2)30)9-28-19(33)17(20(28)40-10-23)26-18(32)16(27-38-13(3)31)15-8-39-22(24)25-15/h5-6,8,14,17,20H,7,9-10H2,1-4H3,(H2,24,25)(H,26,32)/t14?,17?,20-,23?/m1/s1. The highest BCUT2D eigenvalue weighted by Crippen LogP contribution is 2.43. The molecule has 0 aromatic carbocycles. The third-order valence-corrected chi connectivity index (χ3v) is 7.69. The van der Waals surface area contributed by atoms with Gasteiger partial charge >= 0.3 is 23.9 Å². The molecule has 3 rings (SSSR count). The summed E-state index contributed by atoms with van der Waals surface area (Å²) >= 11 is 2.24. The molecule has 3 unspecified atom stereocenters.